The monoisotopic (exact) mass is 307 g/mol. The highest BCUT2D eigenvalue weighted by Gasteiger charge is 2.12. The molecule has 110 valence electrons. The van der Waals surface area contributed by atoms with Gasteiger partial charge in [0.05, 0.1) is 30.5 Å². The molecule has 2 aromatic rings. The van der Waals surface area contributed by atoms with Crippen LogP contribution in [0.1, 0.15) is 23.0 Å². The highest BCUT2D eigenvalue weighted by atomic mass is 32.1. The summed E-state index contributed by atoms with van der Waals surface area (Å²) < 4.78 is 4.82. The summed E-state index contributed by atoms with van der Waals surface area (Å²) in [5.41, 5.74) is 0.750. The van der Waals surface area contributed by atoms with Crippen LogP contribution >= 0.6 is 11.3 Å². The first-order valence-electron chi connectivity index (χ1n) is 6.14. The average molecular weight is 307 g/mol. The zero-order chi connectivity index (χ0) is 15.2. The van der Waals surface area contributed by atoms with Crippen molar-refractivity contribution in [2.75, 3.05) is 11.9 Å². The maximum Gasteiger partial charge on any atom is 0.311 e. The lowest BCUT2D eigenvalue weighted by atomic mass is 10.2. The average Bonchev–Trinajstić information content (AvgIpc) is 2.86. The first kappa shape index (κ1) is 14.9. The number of carbonyl (C=O) groups is 2. The van der Waals surface area contributed by atoms with Crippen LogP contribution in [0.25, 0.3) is 0 Å². The fourth-order valence-corrected chi connectivity index (χ4v) is 2.23. The van der Waals surface area contributed by atoms with E-state index < -0.39 is 5.91 Å². The van der Waals surface area contributed by atoms with E-state index in [1.54, 1.807) is 12.3 Å². The predicted octanol–water partition coefficient (Wildman–Crippen LogP) is 1.60. The summed E-state index contributed by atoms with van der Waals surface area (Å²) in [5, 5.41) is 13.9. The van der Waals surface area contributed by atoms with Gasteiger partial charge in [0, 0.05) is 11.6 Å². The standard InChI is InChI=1S/C13H13N3O4S/c1-2-20-11(18)4-9-7-21-13(15-9)16-12(19)8-3-10(17)6-14-5-8/h3,5-7,17H,2,4H2,1H3,(H,15,16,19). The minimum Gasteiger partial charge on any atom is -0.506 e. The van der Waals surface area contributed by atoms with Crippen molar-refractivity contribution in [3.8, 4) is 5.75 Å². The van der Waals surface area contributed by atoms with E-state index in [-0.39, 0.29) is 23.7 Å². The van der Waals surface area contributed by atoms with E-state index in [0.29, 0.717) is 17.4 Å². The Morgan fingerprint density at radius 3 is 2.95 bits per heavy atom. The number of thiazole rings is 1. The van der Waals surface area contributed by atoms with Gasteiger partial charge in [0.2, 0.25) is 0 Å². The maximum absolute atomic E-state index is 11.9. The summed E-state index contributed by atoms with van der Waals surface area (Å²) in [4.78, 5) is 31.1. The molecule has 0 fully saturated rings. The van der Waals surface area contributed by atoms with Crippen molar-refractivity contribution in [2.45, 2.75) is 13.3 Å². The largest absolute Gasteiger partial charge is 0.506 e. The number of hydrogen-bond acceptors (Lipinski definition) is 7. The van der Waals surface area contributed by atoms with E-state index in [0.717, 1.165) is 0 Å². The van der Waals surface area contributed by atoms with Gasteiger partial charge in [0.25, 0.3) is 5.91 Å². The van der Waals surface area contributed by atoms with Crippen LogP contribution in [0, 0.1) is 0 Å². The van der Waals surface area contributed by atoms with E-state index in [1.165, 1.54) is 29.8 Å². The van der Waals surface area contributed by atoms with E-state index in [2.05, 4.69) is 15.3 Å². The van der Waals surface area contributed by atoms with Gasteiger partial charge in [-0.05, 0) is 13.0 Å². The van der Waals surface area contributed by atoms with Gasteiger partial charge in [-0.1, -0.05) is 0 Å². The lowest BCUT2D eigenvalue weighted by molar-refractivity contribution is -0.142. The molecule has 1 amide bonds. The van der Waals surface area contributed by atoms with Gasteiger partial charge in [-0.15, -0.1) is 11.3 Å². The SMILES string of the molecule is CCOC(=O)Cc1csc(NC(=O)c2cncc(O)c2)n1. The molecular weight excluding hydrogens is 294 g/mol. The molecule has 7 nitrogen and oxygen atoms in total. The third-order valence-electron chi connectivity index (χ3n) is 2.39. The van der Waals surface area contributed by atoms with Crippen LogP contribution < -0.4 is 5.32 Å². The first-order valence-corrected chi connectivity index (χ1v) is 7.02. The van der Waals surface area contributed by atoms with Gasteiger partial charge < -0.3 is 9.84 Å². The molecule has 0 aliphatic rings. The van der Waals surface area contributed by atoms with Gasteiger partial charge in [0.1, 0.15) is 5.75 Å². The smallest absolute Gasteiger partial charge is 0.311 e. The molecule has 2 N–H and O–H groups in total. The van der Waals surface area contributed by atoms with Crippen LogP contribution in [0.3, 0.4) is 0 Å². The fraction of sp³-hybridized carbons (Fsp3) is 0.231. The Bertz CT molecular complexity index is 656. The molecule has 21 heavy (non-hydrogen) atoms. The molecule has 0 unspecified atom stereocenters. The Labute approximate surface area is 124 Å². The zero-order valence-electron chi connectivity index (χ0n) is 11.2. The first-order chi connectivity index (χ1) is 10.1. The Morgan fingerprint density at radius 2 is 2.24 bits per heavy atom. The Balaban J connectivity index is 1.99. The lowest BCUT2D eigenvalue weighted by Gasteiger charge is -2.01. The summed E-state index contributed by atoms with van der Waals surface area (Å²) >= 11 is 1.20. The minimum absolute atomic E-state index is 0.0634. The zero-order valence-corrected chi connectivity index (χ0v) is 12.0. The predicted molar refractivity (Wildman–Crippen MR) is 76.3 cm³/mol. The van der Waals surface area contributed by atoms with Crippen molar-refractivity contribution in [1.29, 1.82) is 0 Å². The molecule has 0 radical (unpaired) electrons. The second-order valence-corrected chi connectivity index (χ2v) is 4.87. The highest BCUT2D eigenvalue weighted by molar-refractivity contribution is 7.14. The quantitative estimate of drug-likeness (QED) is 0.814. The van der Waals surface area contributed by atoms with Crippen molar-refractivity contribution in [2.24, 2.45) is 0 Å². The summed E-state index contributed by atoms with van der Waals surface area (Å²) in [6.07, 6.45) is 2.63. The van der Waals surface area contributed by atoms with Crippen LogP contribution in [0.5, 0.6) is 5.75 Å². The summed E-state index contributed by atoms with van der Waals surface area (Å²) in [6.45, 7) is 2.05. The van der Waals surface area contributed by atoms with Crippen LogP contribution in [0.15, 0.2) is 23.8 Å². The molecule has 0 aromatic carbocycles. The van der Waals surface area contributed by atoms with Gasteiger partial charge in [-0.3, -0.25) is 19.9 Å². The number of carbonyl (C=O) groups excluding carboxylic acids is 2. The molecule has 0 aliphatic carbocycles. The molecular formula is C13H13N3O4S. The number of aromatic nitrogens is 2. The number of anilines is 1. The third-order valence-corrected chi connectivity index (χ3v) is 3.20. The summed E-state index contributed by atoms with van der Waals surface area (Å²) in [6, 6.07) is 1.30. The van der Waals surface area contributed by atoms with Gasteiger partial charge >= 0.3 is 5.97 Å². The number of nitrogens with one attached hydrogen (secondary N) is 1. The fourth-order valence-electron chi connectivity index (χ4n) is 1.53. The van der Waals surface area contributed by atoms with Gasteiger partial charge in [-0.25, -0.2) is 4.98 Å². The highest BCUT2D eigenvalue weighted by Crippen LogP contribution is 2.18. The number of rotatable bonds is 5. The molecule has 2 aromatic heterocycles. The Kier molecular flexibility index (Phi) is 4.83. The molecule has 2 rings (SSSR count). The number of hydrogen-bond donors (Lipinski definition) is 2. The second kappa shape index (κ2) is 6.80. The molecule has 0 saturated heterocycles. The molecule has 0 aliphatic heterocycles. The number of nitrogens with zero attached hydrogens (tertiary/aromatic N) is 2. The number of esters is 1. The van der Waals surface area contributed by atoms with Crippen LogP contribution in [-0.2, 0) is 16.0 Å². The Hall–Kier alpha value is -2.48. The third kappa shape index (κ3) is 4.25. The van der Waals surface area contributed by atoms with Crippen molar-refractivity contribution < 1.29 is 19.4 Å². The van der Waals surface area contributed by atoms with E-state index >= 15 is 0 Å². The minimum atomic E-state index is -0.435. The topological polar surface area (TPSA) is 101 Å². The van der Waals surface area contributed by atoms with Gasteiger partial charge in [-0.2, -0.15) is 0 Å². The number of pyridine rings is 1. The van der Waals surface area contributed by atoms with Crippen LogP contribution in [0.4, 0.5) is 5.13 Å². The molecule has 2 heterocycles. The van der Waals surface area contributed by atoms with Crippen molar-refractivity contribution >= 4 is 28.3 Å². The number of aromatic hydroxyl groups is 1. The molecule has 0 bridgehead atoms. The Morgan fingerprint density at radius 1 is 1.43 bits per heavy atom. The second-order valence-electron chi connectivity index (χ2n) is 4.01. The van der Waals surface area contributed by atoms with Gasteiger partial charge in [0.15, 0.2) is 5.13 Å². The van der Waals surface area contributed by atoms with Crippen molar-refractivity contribution in [3.05, 3.63) is 35.1 Å². The number of ether oxygens (including phenoxy) is 1. The van der Waals surface area contributed by atoms with Crippen molar-refractivity contribution in [3.63, 3.8) is 0 Å². The van der Waals surface area contributed by atoms with E-state index in [9.17, 15) is 14.7 Å². The number of amides is 1. The lowest BCUT2D eigenvalue weighted by Crippen LogP contribution is -2.12. The summed E-state index contributed by atoms with van der Waals surface area (Å²) in [7, 11) is 0. The maximum atomic E-state index is 11.9. The van der Waals surface area contributed by atoms with E-state index in [4.69, 9.17) is 4.74 Å². The van der Waals surface area contributed by atoms with Crippen molar-refractivity contribution in [1.82, 2.24) is 9.97 Å². The molecule has 0 atom stereocenters. The summed E-state index contributed by atoms with van der Waals surface area (Å²) in [5.74, 6) is -0.891. The molecule has 0 spiro atoms. The van der Waals surface area contributed by atoms with E-state index in [1.807, 2.05) is 0 Å². The van der Waals surface area contributed by atoms with Crippen LogP contribution in [-0.4, -0.2) is 33.6 Å². The molecule has 0 saturated carbocycles. The van der Waals surface area contributed by atoms with Crippen LogP contribution in [0.2, 0.25) is 0 Å². The molecule has 8 heteroatoms. The normalized spacial score (nSPS) is 10.1.